The molecule has 0 amide bonds. The van der Waals surface area contributed by atoms with E-state index < -0.39 is 5.97 Å². The summed E-state index contributed by atoms with van der Waals surface area (Å²) < 4.78 is 33.9. The van der Waals surface area contributed by atoms with Crippen LogP contribution >= 0.6 is 0 Å². The molecular weight excluding hydrogens is 688 g/mol. The van der Waals surface area contributed by atoms with Crippen LogP contribution in [-0.2, 0) is 19.3 Å². The first kappa shape index (κ1) is 41.1. The topological polar surface area (TPSA) is 108 Å². The number of ether oxygens (including phenoxy) is 6. The van der Waals surface area contributed by atoms with Gasteiger partial charge in [0, 0.05) is 6.08 Å². The standard InChI is InChI=1S/C44H50O10/c1-3-27-52-53-31-14-10-9-12-29-48-39-23-25-40(26-24-39)50-34-51-41-21-17-37-33-42(22-18-36(37)32-41)54-44(46)35-15-19-38(20-16-35)47-28-11-7-5-6-8-13-30-49-43(45)4-2/h4,15-27,32-33H,1-2,5-14,28-31,34H2. The molecule has 286 valence electrons. The molecular formula is C44H50O10. The lowest BCUT2D eigenvalue weighted by atomic mass is 10.1. The molecule has 0 N–H and O–H groups in total. The molecule has 0 unspecified atom stereocenters. The maximum absolute atomic E-state index is 12.8. The Morgan fingerprint density at radius 3 is 1.65 bits per heavy atom. The van der Waals surface area contributed by atoms with Crippen LogP contribution in [0.4, 0.5) is 0 Å². The third kappa shape index (κ3) is 15.9. The van der Waals surface area contributed by atoms with Crippen LogP contribution in [0.2, 0.25) is 0 Å². The highest BCUT2D eigenvalue weighted by Crippen LogP contribution is 2.26. The molecule has 0 aliphatic heterocycles. The largest absolute Gasteiger partial charge is 0.494 e. The Hall–Kier alpha value is -5.70. The van der Waals surface area contributed by atoms with Crippen molar-refractivity contribution in [3.8, 4) is 28.7 Å². The molecule has 10 heteroatoms. The third-order valence-electron chi connectivity index (χ3n) is 8.17. The number of rotatable bonds is 27. The van der Waals surface area contributed by atoms with Gasteiger partial charge in [-0.2, -0.15) is 4.89 Å². The molecule has 0 radical (unpaired) electrons. The predicted octanol–water partition coefficient (Wildman–Crippen LogP) is 10.1. The Bertz CT molecular complexity index is 1760. The molecule has 0 spiro atoms. The van der Waals surface area contributed by atoms with Gasteiger partial charge >= 0.3 is 11.9 Å². The fourth-order valence-electron chi connectivity index (χ4n) is 5.26. The SMILES string of the molecule is C=C=COOCCCCCCOc1ccc(OCOc2ccc3cc(OC(=O)c4ccc(OCCCCCCCCOC(=O)C=C)cc4)ccc3c2)cc1. The monoisotopic (exact) mass is 738 g/mol. The van der Waals surface area contributed by atoms with Crippen LogP contribution in [0.3, 0.4) is 0 Å². The van der Waals surface area contributed by atoms with Crippen LogP contribution in [0.5, 0.6) is 28.7 Å². The minimum Gasteiger partial charge on any atom is -0.494 e. The van der Waals surface area contributed by atoms with Crippen LogP contribution in [0.15, 0.2) is 116 Å². The number of hydrogen-bond acceptors (Lipinski definition) is 10. The van der Waals surface area contributed by atoms with E-state index in [4.69, 9.17) is 38.2 Å². The smallest absolute Gasteiger partial charge is 0.343 e. The zero-order valence-corrected chi connectivity index (χ0v) is 30.8. The van der Waals surface area contributed by atoms with E-state index in [-0.39, 0.29) is 12.8 Å². The van der Waals surface area contributed by atoms with Crippen molar-refractivity contribution in [2.24, 2.45) is 0 Å². The first-order valence-electron chi connectivity index (χ1n) is 18.4. The number of carbonyl (C=O) groups excluding carboxylic acids is 2. The van der Waals surface area contributed by atoms with Crippen LogP contribution in [0.1, 0.15) is 74.6 Å². The molecule has 10 nitrogen and oxygen atoms in total. The molecule has 0 saturated heterocycles. The summed E-state index contributed by atoms with van der Waals surface area (Å²) >= 11 is 0. The fraction of sp³-hybridized carbons (Fsp3) is 0.341. The maximum atomic E-state index is 12.8. The molecule has 4 rings (SSSR count). The minimum absolute atomic E-state index is 0.0447. The highest BCUT2D eigenvalue weighted by atomic mass is 17.2. The van der Waals surface area contributed by atoms with Crippen molar-refractivity contribution in [3.05, 3.63) is 122 Å². The zero-order valence-electron chi connectivity index (χ0n) is 30.8. The number of hydrogen-bond donors (Lipinski definition) is 0. The summed E-state index contributed by atoms with van der Waals surface area (Å²) in [6.07, 6.45) is 12.5. The van der Waals surface area contributed by atoms with E-state index in [1.54, 1.807) is 30.3 Å². The number of esters is 2. The van der Waals surface area contributed by atoms with Crippen molar-refractivity contribution >= 4 is 22.7 Å². The van der Waals surface area contributed by atoms with E-state index in [2.05, 4.69) is 18.9 Å². The molecule has 0 aromatic heterocycles. The van der Waals surface area contributed by atoms with Gasteiger partial charge in [-0.3, -0.25) is 0 Å². The molecule has 0 aliphatic carbocycles. The third-order valence-corrected chi connectivity index (χ3v) is 8.17. The zero-order chi connectivity index (χ0) is 38.1. The normalized spacial score (nSPS) is 10.5. The minimum atomic E-state index is -0.445. The first-order chi connectivity index (χ1) is 26.5. The summed E-state index contributed by atoms with van der Waals surface area (Å²) in [6, 6.07) is 25.6. The second kappa shape index (κ2) is 24.5. The van der Waals surface area contributed by atoms with Crippen molar-refractivity contribution in [1.29, 1.82) is 0 Å². The summed E-state index contributed by atoms with van der Waals surface area (Å²) in [7, 11) is 0. The van der Waals surface area contributed by atoms with Gasteiger partial charge in [-0.05, 0) is 116 Å². The van der Waals surface area contributed by atoms with E-state index in [9.17, 15) is 9.59 Å². The van der Waals surface area contributed by atoms with Crippen LogP contribution in [0, 0.1) is 0 Å². The van der Waals surface area contributed by atoms with Crippen molar-refractivity contribution in [1.82, 2.24) is 0 Å². The molecule has 0 bridgehead atoms. The van der Waals surface area contributed by atoms with Crippen LogP contribution < -0.4 is 23.7 Å². The Morgan fingerprint density at radius 2 is 1.04 bits per heavy atom. The molecule has 0 saturated carbocycles. The summed E-state index contributed by atoms with van der Waals surface area (Å²) in [5.41, 5.74) is 2.91. The molecule has 0 heterocycles. The van der Waals surface area contributed by atoms with Gasteiger partial charge in [-0.15, -0.1) is 0 Å². The molecule has 4 aromatic carbocycles. The molecule has 0 aliphatic rings. The van der Waals surface area contributed by atoms with E-state index >= 15 is 0 Å². The quantitative estimate of drug-likeness (QED) is 0.00675. The van der Waals surface area contributed by atoms with E-state index in [0.717, 1.165) is 80.7 Å². The molecule has 0 fully saturated rings. The van der Waals surface area contributed by atoms with Gasteiger partial charge in [0.25, 0.3) is 0 Å². The van der Waals surface area contributed by atoms with Gasteiger partial charge in [0.1, 0.15) is 28.7 Å². The van der Waals surface area contributed by atoms with Gasteiger partial charge in [0.2, 0.25) is 6.79 Å². The number of unbranched alkanes of at least 4 members (excludes halogenated alkanes) is 8. The van der Waals surface area contributed by atoms with Crippen molar-refractivity contribution in [3.63, 3.8) is 0 Å². The number of benzene rings is 4. The number of fused-ring (bicyclic) bond motifs is 1. The second-order valence-corrected chi connectivity index (χ2v) is 12.3. The Kier molecular flexibility index (Phi) is 18.6. The van der Waals surface area contributed by atoms with Crippen LogP contribution in [-0.4, -0.2) is 45.2 Å². The first-order valence-corrected chi connectivity index (χ1v) is 18.4. The Balaban J connectivity index is 1.09. The highest BCUT2D eigenvalue weighted by molar-refractivity contribution is 5.92. The Labute approximate surface area is 317 Å². The van der Waals surface area contributed by atoms with Gasteiger partial charge in [-0.25, -0.2) is 9.59 Å². The Morgan fingerprint density at radius 1 is 0.556 bits per heavy atom. The average molecular weight is 739 g/mol. The average Bonchev–Trinajstić information content (AvgIpc) is 3.20. The van der Waals surface area contributed by atoms with Gasteiger partial charge in [0.15, 0.2) is 6.26 Å². The van der Waals surface area contributed by atoms with Crippen LogP contribution in [0.25, 0.3) is 10.8 Å². The van der Waals surface area contributed by atoms with Gasteiger partial charge in [0.05, 0.1) is 32.0 Å². The summed E-state index contributed by atoms with van der Waals surface area (Å²) in [5.74, 6) is 2.45. The maximum Gasteiger partial charge on any atom is 0.343 e. The highest BCUT2D eigenvalue weighted by Gasteiger charge is 2.10. The lowest BCUT2D eigenvalue weighted by Gasteiger charge is -2.11. The summed E-state index contributed by atoms with van der Waals surface area (Å²) in [6.45, 7) is 9.04. The van der Waals surface area contributed by atoms with Gasteiger partial charge < -0.3 is 33.3 Å². The molecule has 4 aromatic rings. The second-order valence-electron chi connectivity index (χ2n) is 12.3. The van der Waals surface area contributed by atoms with Gasteiger partial charge in [-0.1, -0.05) is 63.1 Å². The van der Waals surface area contributed by atoms with Crippen molar-refractivity contribution in [2.75, 3.05) is 33.2 Å². The predicted molar refractivity (Wildman–Crippen MR) is 207 cm³/mol. The van der Waals surface area contributed by atoms with E-state index in [1.165, 1.54) is 12.3 Å². The van der Waals surface area contributed by atoms with Crippen molar-refractivity contribution < 1.29 is 47.8 Å². The lowest BCUT2D eigenvalue weighted by Crippen LogP contribution is -2.08. The molecule has 54 heavy (non-hydrogen) atoms. The van der Waals surface area contributed by atoms with E-state index in [0.29, 0.717) is 55.0 Å². The van der Waals surface area contributed by atoms with Crippen molar-refractivity contribution in [2.45, 2.75) is 64.2 Å². The number of carbonyl (C=O) groups is 2. The fourth-order valence-corrected chi connectivity index (χ4v) is 5.26. The lowest BCUT2D eigenvalue weighted by molar-refractivity contribution is -0.248. The summed E-state index contributed by atoms with van der Waals surface area (Å²) in [5, 5.41) is 1.84. The summed E-state index contributed by atoms with van der Waals surface area (Å²) in [4.78, 5) is 33.5. The molecule has 0 atom stereocenters. The van der Waals surface area contributed by atoms with E-state index in [1.807, 2.05) is 54.6 Å².